The molecule has 0 saturated carbocycles. The van der Waals surface area contributed by atoms with Crippen LogP contribution >= 0.6 is 11.8 Å². The molecule has 1 rings (SSSR count). The van der Waals surface area contributed by atoms with Crippen molar-refractivity contribution in [3.05, 3.63) is 0 Å². The fraction of sp³-hybridized carbons (Fsp3) is 0.875. The standard InChI is InChI=1S/C8H14O3S/c1-12-6-8(9)11-5-7-3-2-4-10-7/h7H,2-6H2,1H3. The predicted molar refractivity (Wildman–Crippen MR) is 48.3 cm³/mol. The van der Waals surface area contributed by atoms with E-state index in [0.717, 1.165) is 19.4 Å². The number of rotatable bonds is 4. The highest BCUT2D eigenvalue weighted by Crippen LogP contribution is 2.12. The molecule has 1 fully saturated rings. The van der Waals surface area contributed by atoms with E-state index in [1.165, 1.54) is 11.8 Å². The minimum absolute atomic E-state index is 0.141. The minimum Gasteiger partial charge on any atom is -0.462 e. The summed E-state index contributed by atoms with van der Waals surface area (Å²) in [6.45, 7) is 1.24. The van der Waals surface area contributed by atoms with Crippen molar-refractivity contribution in [2.24, 2.45) is 0 Å². The van der Waals surface area contributed by atoms with E-state index in [-0.39, 0.29) is 12.1 Å². The zero-order valence-electron chi connectivity index (χ0n) is 7.25. The highest BCUT2D eigenvalue weighted by atomic mass is 32.2. The summed E-state index contributed by atoms with van der Waals surface area (Å²) in [7, 11) is 0. The highest BCUT2D eigenvalue weighted by Gasteiger charge is 2.16. The fourth-order valence-electron chi connectivity index (χ4n) is 1.12. The molecule has 0 aromatic carbocycles. The van der Waals surface area contributed by atoms with E-state index < -0.39 is 0 Å². The van der Waals surface area contributed by atoms with Gasteiger partial charge in [-0.05, 0) is 19.1 Å². The first-order valence-corrected chi connectivity index (χ1v) is 5.48. The van der Waals surface area contributed by atoms with Crippen LogP contribution in [0.3, 0.4) is 0 Å². The molecular formula is C8H14O3S. The second kappa shape index (κ2) is 5.43. The maximum Gasteiger partial charge on any atom is 0.315 e. The van der Waals surface area contributed by atoms with Crippen LogP contribution in [0.15, 0.2) is 0 Å². The molecule has 1 saturated heterocycles. The molecule has 1 atom stereocenters. The summed E-state index contributed by atoms with van der Waals surface area (Å²) in [5, 5.41) is 0. The van der Waals surface area contributed by atoms with E-state index in [1.807, 2.05) is 6.26 Å². The van der Waals surface area contributed by atoms with Crippen LogP contribution in [0.25, 0.3) is 0 Å². The Morgan fingerprint density at radius 1 is 1.75 bits per heavy atom. The SMILES string of the molecule is CSCC(=O)OCC1CCCO1. The maximum atomic E-state index is 10.9. The van der Waals surface area contributed by atoms with Crippen LogP contribution in [0.1, 0.15) is 12.8 Å². The van der Waals surface area contributed by atoms with Gasteiger partial charge < -0.3 is 9.47 Å². The van der Waals surface area contributed by atoms with E-state index in [0.29, 0.717) is 12.4 Å². The summed E-state index contributed by atoms with van der Waals surface area (Å²) in [5.41, 5.74) is 0. The van der Waals surface area contributed by atoms with Crippen molar-refractivity contribution >= 4 is 17.7 Å². The van der Waals surface area contributed by atoms with Crippen molar-refractivity contribution in [1.29, 1.82) is 0 Å². The topological polar surface area (TPSA) is 35.5 Å². The first-order chi connectivity index (χ1) is 5.83. The lowest BCUT2D eigenvalue weighted by atomic mass is 10.2. The van der Waals surface area contributed by atoms with Crippen molar-refractivity contribution in [2.75, 3.05) is 25.2 Å². The number of hydrogen-bond donors (Lipinski definition) is 0. The van der Waals surface area contributed by atoms with Crippen LogP contribution in [-0.4, -0.2) is 37.3 Å². The zero-order valence-corrected chi connectivity index (χ0v) is 8.06. The third kappa shape index (κ3) is 3.45. The second-order valence-corrected chi connectivity index (χ2v) is 3.62. The van der Waals surface area contributed by atoms with Crippen molar-refractivity contribution < 1.29 is 14.3 Å². The quantitative estimate of drug-likeness (QED) is 0.621. The average molecular weight is 190 g/mol. The van der Waals surface area contributed by atoms with E-state index >= 15 is 0 Å². The van der Waals surface area contributed by atoms with Gasteiger partial charge in [-0.2, -0.15) is 11.8 Å². The van der Waals surface area contributed by atoms with Crippen LogP contribution in [0.2, 0.25) is 0 Å². The molecule has 0 aromatic heterocycles. The van der Waals surface area contributed by atoms with Crippen LogP contribution in [0, 0.1) is 0 Å². The summed E-state index contributed by atoms with van der Waals surface area (Å²) < 4.78 is 10.3. The summed E-state index contributed by atoms with van der Waals surface area (Å²) in [4.78, 5) is 10.9. The van der Waals surface area contributed by atoms with Crippen molar-refractivity contribution in [3.8, 4) is 0 Å². The Labute approximate surface area is 76.8 Å². The smallest absolute Gasteiger partial charge is 0.315 e. The lowest BCUT2D eigenvalue weighted by Crippen LogP contribution is -2.18. The van der Waals surface area contributed by atoms with Gasteiger partial charge in [-0.3, -0.25) is 4.79 Å². The summed E-state index contributed by atoms with van der Waals surface area (Å²) >= 11 is 1.48. The van der Waals surface area contributed by atoms with Gasteiger partial charge >= 0.3 is 5.97 Å². The first-order valence-electron chi connectivity index (χ1n) is 4.09. The third-order valence-electron chi connectivity index (χ3n) is 1.72. The molecule has 1 aliphatic heterocycles. The van der Waals surface area contributed by atoms with Crippen molar-refractivity contribution in [2.45, 2.75) is 18.9 Å². The Kier molecular flexibility index (Phi) is 4.46. The van der Waals surface area contributed by atoms with Crippen molar-refractivity contribution in [1.82, 2.24) is 0 Å². The van der Waals surface area contributed by atoms with Gasteiger partial charge in [0.15, 0.2) is 0 Å². The molecular weight excluding hydrogens is 176 g/mol. The third-order valence-corrected chi connectivity index (χ3v) is 2.24. The van der Waals surface area contributed by atoms with Gasteiger partial charge in [0, 0.05) is 6.61 Å². The van der Waals surface area contributed by atoms with Gasteiger partial charge in [0.2, 0.25) is 0 Å². The van der Waals surface area contributed by atoms with E-state index in [4.69, 9.17) is 9.47 Å². The lowest BCUT2D eigenvalue weighted by Gasteiger charge is -2.09. The van der Waals surface area contributed by atoms with Gasteiger partial charge in [0.05, 0.1) is 11.9 Å². The Hall–Kier alpha value is -0.220. The van der Waals surface area contributed by atoms with Crippen LogP contribution in [-0.2, 0) is 14.3 Å². The van der Waals surface area contributed by atoms with Crippen LogP contribution in [0.4, 0.5) is 0 Å². The molecule has 0 amide bonds. The molecule has 0 aromatic rings. The minimum atomic E-state index is -0.141. The number of thioether (sulfide) groups is 1. The second-order valence-electron chi connectivity index (χ2n) is 2.75. The molecule has 1 unspecified atom stereocenters. The molecule has 0 spiro atoms. The van der Waals surface area contributed by atoms with Crippen LogP contribution in [0.5, 0.6) is 0 Å². The molecule has 0 radical (unpaired) electrons. The molecule has 0 N–H and O–H groups in total. The van der Waals surface area contributed by atoms with Crippen molar-refractivity contribution in [3.63, 3.8) is 0 Å². The van der Waals surface area contributed by atoms with Crippen LogP contribution < -0.4 is 0 Å². The molecule has 70 valence electrons. The highest BCUT2D eigenvalue weighted by molar-refractivity contribution is 7.99. The zero-order chi connectivity index (χ0) is 8.81. The molecule has 3 nitrogen and oxygen atoms in total. The number of carbonyl (C=O) groups excluding carboxylic acids is 1. The maximum absolute atomic E-state index is 10.9. The molecule has 0 aliphatic carbocycles. The van der Waals surface area contributed by atoms with Gasteiger partial charge in [-0.25, -0.2) is 0 Å². The summed E-state index contributed by atoms with van der Waals surface area (Å²) in [6.07, 6.45) is 4.14. The number of esters is 1. The Balaban J connectivity index is 2.03. The number of ether oxygens (including phenoxy) is 2. The largest absolute Gasteiger partial charge is 0.462 e. The lowest BCUT2D eigenvalue weighted by molar-refractivity contribution is -0.143. The van der Waals surface area contributed by atoms with Gasteiger partial charge in [0.25, 0.3) is 0 Å². The summed E-state index contributed by atoms with van der Waals surface area (Å²) in [6, 6.07) is 0. The molecule has 1 heterocycles. The Bertz CT molecular complexity index is 143. The Morgan fingerprint density at radius 2 is 2.58 bits per heavy atom. The normalized spacial score (nSPS) is 22.6. The molecule has 1 aliphatic rings. The molecule has 12 heavy (non-hydrogen) atoms. The molecule has 0 bridgehead atoms. The first kappa shape index (κ1) is 9.86. The predicted octanol–water partition coefficient (Wildman–Crippen LogP) is 1.07. The van der Waals surface area contributed by atoms with E-state index in [2.05, 4.69) is 0 Å². The van der Waals surface area contributed by atoms with Gasteiger partial charge in [-0.15, -0.1) is 0 Å². The van der Waals surface area contributed by atoms with Gasteiger partial charge in [0.1, 0.15) is 6.61 Å². The molecule has 4 heteroatoms. The van der Waals surface area contributed by atoms with E-state index in [1.54, 1.807) is 0 Å². The number of hydrogen-bond acceptors (Lipinski definition) is 4. The summed E-state index contributed by atoms with van der Waals surface area (Å²) in [5.74, 6) is 0.296. The number of carbonyl (C=O) groups is 1. The Morgan fingerprint density at radius 3 is 3.17 bits per heavy atom. The fourth-order valence-corrected chi connectivity index (χ4v) is 1.44. The monoisotopic (exact) mass is 190 g/mol. The van der Waals surface area contributed by atoms with E-state index in [9.17, 15) is 4.79 Å². The van der Waals surface area contributed by atoms with Gasteiger partial charge in [-0.1, -0.05) is 0 Å². The average Bonchev–Trinajstić information content (AvgIpc) is 2.53.